The van der Waals surface area contributed by atoms with Crippen molar-refractivity contribution in [1.82, 2.24) is 10.0 Å². The summed E-state index contributed by atoms with van der Waals surface area (Å²) in [6.07, 6.45) is 9.88. The van der Waals surface area contributed by atoms with Crippen molar-refractivity contribution in [2.75, 3.05) is 20.2 Å². The fourth-order valence-corrected chi connectivity index (χ4v) is 4.95. The standard InChI is InChI=1S/C20H36N2O2/c1-6-13-19(7-2)14-11-16-22(18(19)23)21-15-10-12-17(21)20(8-3,9-4)24-5/h6,17H,1,7-16H2,2-5H3/t17-,19+/m0/s1. The fourth-order valence-electron chi connectivity index (χ4n) is 4.95. The molecule has 4 heteroatoms. The summed E-state index contributed by atoms with van der Waals surface area (Å²) in [7, 11) is 1.83. The first kappa shape index (κ1) is 19.5. The summed E-state index contributed by atoms with van der Waals surface area (Å²) in [5, 5.41) is 4.43. The van der Waals surface area contributed by atoms with Crippen molar-refractivity contribution in [1.29, 1.82) is 0 Å². The van der Waals surface area contributed by atoms with Gasteiger partial charge in [-0.05, 0) is 51.4 Å². The number of nitrogens with zero attached hydrogens (tertiary/aromatic N) is 2. The Hall–Kier alpha value is -0.870. The van der Waals surface area contributed by atoms with Crippen LogP contribution in [0.5, 0.6) is 0 Å². The summed E-state index contributed by atoms with van der Waals surface area (Å²) in [5.74, 6) is 0.306. The molecule has 0 aromatic rings. The molecule has 24 heavy (non-hydrogen) atoms. The number of amides is 1. The summed E-state index contributed by atoms with van der Waals surface area (Å²) < 4.78 is 6.01. The first-order valence-corrected chi connectivity index (χ1v) is 9.78. The predicted octanol–water partition coefficient (Wildman–Crippen LogP) is 4.17. The lowest BCUT2D eigenvalue weighted by Gasteiger charge is -2.49. The van der Waals surface area contributed by atoms with E-state index in [1.807, 2.05) is 13.2 Å². The fraction of sp³-hybridized carbons (Fsp3) is 0.850. The number of piperidine rings is 1. The summed E-state index contributed by atoms with van der Waals surface area (Å²) in [6.45, 7) is 12.3. The lowest BCUT2D eigenvalue weighted by molar-refractivity contribution is -0.183. The highest BCUT2D eigenvalue weighted by atomic mass is 16.5. The van der Waals surface area contributed by atoms with Gasteiger partial charge in [-0.25, -0.2) is 5.01 Å². The van der Waals surface area contributed by atoms with E-state index in [4.69, 9.17) is 4.74 Å². The van der Waals surface area contributed by atoms with E-state index >= 15 is 0 Å². The number of hydrogen-bond donors (Lipinski definition) is 0. The third kappa shape index (κ3) is 3.15. The number of hydrogen-bond acceptors (Lipinski definition) is 3. The summed E-state index contributed by atoms with van der Waals surface area (Å²) in [4.78, 5) is 13.4. The smallest absolute Gasteiger partial charge is 0.243 e. The van der Waals surface area contributed by atoms with Gasteiger partial charge in [-0.1, -0.05) is 26.8 Å². The number of carbonyl (C=O) groups is 1. The van der Waals surface area contributed by atoms with E-state index in [2.05, 4.69) is 37.4 Å². The zero-order chi connectivity index (χ0) is 17.8. The van der Waals surface area contributed by atoms with E-state index < -0.39 is 0 Å². The van der Waals surface area contributed by atoms with E-state index in [0.29, 0.717) is 11.9 Å². The number of hydrazine groups is 1. The Kier molecular flexibility index (Phi) is 6.49. The van der Waals surface area contributed by atoms with Crippen molar-refractivity contribution < 1.29 is 9.53 Å². The molecule has 0 spiro atoms. The van der Waals surface area contributed by atoms with E-state index in [9.17, 15) is 4.79 Å². The maximum Gasteiger partial charge on any atom is 0.243 e. The van der Waals surface area contributed by atoms with Crippen LogP contribution in [0.4, 0.5) is 0 Å². The third-order valence-electron chi connectivity index (χ3n) is 6.67. The van der Waals surface area contributed by atoms with Gasteiger partial charge in [0.1, 0.15) is 0 Å². The normalized spacial score (nSPS) is 29.2. The quantitative estimate of drug-likeness (QED) is 0.624. The average Bonchev–Trinajstić information content (AvgIpc) is 3.09. The molecule has 2 fully saturated rings. The molecular weight excluding hydrogens is 300 g/mol. The SMILES string of the molecule is C=CC[C@]1(CC)CCCN(N2CCC[C@H]2C(CC)(CC)OC)C1=O. The molecule has 0 aliphatic carbocycles. The molecule has 4 nitrogen and oxygen atoms in total. The molecule has 2 aliphatic rings. The second-order valence-corrected chi connectivity index (χ2v) is 7.46. The van der Waals surface area contributed by atoms with Gasteiger partial charge in [-0.2, -0.15) is 0 Å². The summed E-state index contributed by atoms with van der Waals surface area (Å²) in [6, 6.07) is 0.304. The van der Waals surface area contributed by atoms with Gasteiger partial charge in [0, 0.05) is 20.2 Å². The maximum absolute atomic E-state index is 13.4. The molecule has 2 saturated heterocycles. The molecule has 2 rings (SSSR count). The molecule has 138 valence electrons. The third-order valence-corrected chi connectivity index (χ3v) is 6.67. The molecule has 1 amide bonds. The largest absolute Gasteiger partial charge is 0.377 e. The molecule has 0 aromatic carbocycles. The maximum atomic E-state index is 13.4. The average molecular weight is 337 g/mol. The van der Waals surface area contributed by atoms with Gasteiger partial charge >= 0.3 is 0 Å². The van der Waals surface area contributed by atoms with E-state index in [0.717, 1.165) is 64.5 Å². The Morgan fingerprint density at radius 3 is 2.54 bits per heavy atom. The highest BCUT2D eigenvalue weighted by Crippen LogP contribution is 2.42. The van der Waals surface area contributed by atoms with Crippen LogP contribution in [0.1, 0.15) is 72.1 Å². The molecule has 2 atom stereocenters. The van der Waals surface area contributed by atoms with Crippen LogP contribution in [0.15, 0.2) is 12.7 Å². The van der Waals surface area contributed by atoms with Crippen molar-refractivity contribution in [2.45, 2.75) is 83.8 Å². The number of rotatable bonds is 8. The van der Waals surface area contributed by atoms with Crippen LogP contribution >= 0.6 is 0 Å². The Labute approximate surface area is 148 Å². The summed E-state index contributed by atoms with van der Waals surface area (Å²) in [5.41, 5.74) is -0.400. The zero-order valence-corrected chi connectivity index (χ0v) is 16.1. The highest BCUT2D eigenvalue weighted by molar-refractivity contribution is 5.83. The Morgan fingerprint density at radius 2 is 2.00 bits per heavy atom. The van der Waals surface area contributed by atoms with Crippen molar-refractivity contribution in [3.8, 4) is 0 Å². The minimum absolute atomic E-state index is 0.151. The van der Waals surface area contributed by atoms with E-state index in [1.165, 1.54) is 0 Å². The second kappa shape index (κ2) is 8.01. The Morgan fingerprint density at radius 1 is 1.29 bits per heavy atom. The van der Waals surface area contributed by atoms with Crippen molar-refractivity contribution in [3.05, 3.63) is 12.7 Å². The van der Waals surface area contributed by atoms with E-state index in [-0.39, 0.29) is 11.0 Å². The van der Waals surface area contributed by atoms with Gasteiger partial charge in [0.05, 0.1) is 17.1 Å². The lowest BCUT2D eigenvalue weighted by Crippen LogP contribution is -2.62. The topological polar surface area (TPSA) is 32.8 Å². The highest BCUT2D eigenvalue weighted by Gasteiger charge is 2.49. The van der Waals surface area contributed by atoms with Gasteiger partial charge in [0.2, 0.25) is 5.91 Å². The minimum Gasteiger partial charge on any atom is -0.377 e. The molecule has 0 radical (unpaired) electrons. The van der Waals surface area contributed by atoms with Crippen LogP contribution in [0.2, 0.25) is 0 Å². The molecule has 0 N–H and O–H groups in total. The first-order valence-electron chi connectivity index (χ1n) is 9.78. The van der Waals surface area contributed by atoms with Crippen LogP contribution in [0.3, 0.4) is 0 Å². The van der Waals surface area contributed by atoms with Gasteiger partial charge in [0.25, 0.3) is 0 Å². The van der Waals surface area contributed by atoms with Gasteiger partial charge in [-0.15, -0.1) is 6.58 Å². The van der Waals surface area contributed by atoms with Crippen LogP contribution in [0.25, 0.3) is 0 Å². The van der Waals surface area contributed by atoms with Gasteiger partial charge < -0.3 is 4.74 Å². The number of carbonyl (C=O) groups excluding carboxylic acids is 1. The molecule has 0 bridgehead atoms. The number of allylic oxidation sites excluding steroid dienone is 1. The lowest BCUT2D eigenvalue weighted by atomic mass is 9.74. The van der Waals surface area contributed by atoms with Crippen LogP contribution in [0, 0.1) is 5.41 Å². The van der Waals surface area contributed by atoms with Crippen molar-refractivity contribution in [3.63, 3.8) is 0 Å². The van der Waals surface area contributed by atoms with Crippen LogP contribution < -0.4 is 0 Å². The van der Waals surface area contributed by atoms with Crippen molar-refractivity contribution in [2.24, 2.45) is 5.41 Å². The summed E-state index contributed by atoms with van der Waals surface area (Å²) >= 11 is 0. The van der Waals surface area contributed by atoms with Crippen molar-refractivity contribution >= 4 is 5.91 Å². The van der Waals surface area contributed by atoms with Crippen LogP contribution in [-0.2, 0) is 9.53 Å². The van der Waals surface area contributed by atoms with Gasteiger partial charge in [0.15, 0.2) is 0 Å². The Balaban J connectivity index is 2.28. The first-order chi connectivity index (χ1) is 11.5. The zero-order valence-electron chi connectivity index (χ0n) is 16.1. The minimum atomic E-state index is -0.249. The second-order valence-electron chi connectivity index (χ2n) is 7.46. The predicted molar refractivity (Wildman–Crippen MR) is 98.5 cm³/mol. The number of methoxy groups -OCH3 is 1. The Bertz CT molecular complexity index is 439. The molecule has 2 aliphatic heterocycles. The molecule has 0 unspecified atom stereocenters. The molecular formula is C20H36N2O2. The van der Waals surface area contributed by atoms with E-state index in [1.54, 1.807) is 0 Å². The van der Waals surface area contributed by atoms with Crippen LogP contribution in [-0.4, -0.2) is 47.8 Å². The molecule has 0 saturated carbocycles. The molecule has 2 heterocycles. The number of ether oxygens (including phenoxy) is 1. The monoisotopic (exact) mass is 336 g/mol. The van der Waals surface area contributed by atoms with Gasteiger partial charge in [-0.3, -0.25) is 9.80 Å². The molecule has 0 aromatic heterocycles.